The lowest BCUT2D eigenvalue weighted by atomic mass is 10.1. The lowest BCUT2D eigenvalue weighted by Gasteiger charge is -2.39. The predicted octanol–water partition coefficient (Wildman–Crippen LogP) is 2.92. The molecule has 148 valence electrons. The summed E-state index contributed by atoms with van der Waals surface area (Å²) in [5.41, 5.74) is 0.698. The van der Waals surface area contributed by atoms with Crippen molar-refractivity contribution in [1.29, 1.82) is 0 Å². The molecule has 1 aliphatic rings. The number of rotatable bonds is 4. The second-order valence-electron chi connectivity index (χ2n) is 7.28. The van der Waals surface area contributed by atoms with Crippen LogP contribution in [0.4, 0.5) is 5.69 Å². The third-order valence-electron chi connectivity index (χ3n) is 5.08. The highest BCUT2D eigenvalue weighted by molar-refractivity contribution is 6.02. The van der Waals surface area contributed by atoms with Crippen LogP contribution in [0.1, 0.15) is 30.0 Å². The number of ketones is 1. The molecule has 1 atom stereocenters. The minimum absolute atomic E-state index is 0.0702. The van der Waals surface area contributed by atoms with Crippen molar-refractivity contribution in [2.45, 2.75) is 26.1 Å². The van der Waals surface area contributed by atoms with Gasteiger partial charge in [-0.2, -0.15) is 0 Å². The standard InChI is InChI=1S/C22H21N3O4/c1-14(26)13-25(20(27)19-11-15-7-4-6-10-18(15)29-19)22(2)21(28)23-12-16-8-3-5-9-17(16)24-22/h3-11,24H,12-13H2,1-2H3,(H,23,28). The summed E-state index contributed by atoms with van der Waals surface area (Å²) in [6.07, 6.45) is 0. The summed E-state index contributed by atoms with van der Waals surface area (Å²) in [6, 6.07) is 16.3. The molecule has 29 heavy (non-hydrogen) atoms. The number of hydrogen-bond donors (Lipinski definition) is 2. The van der Waals surface area contributed by atoms with Gasteiger partial charge in [0.05, 0.1) is 6.54 Å². The predicted molar refractivity (Wildman–Crippen MR) is 108 cm³/mol. The van der Waals surface area contributed by atoms with Crippen LogP contribution < -0.4 is 10.6 Å². The summed E-state index contributed by atoms with van der Waals surface area (Å²) < 4.78 is 5.70. The van der Waals surface area contributed by atoms with Crippen LogP contribution in [-0.2, 0) is 16.1 Å². The Morgan fingerprint density at radius 1 is 1.14 bits per heavy atom. The maximum absolute atomic E-state index is 13.4. The Morgan fingerprint density at radius 2 is 1.86 bits per heavy atom. The minimum Gasteiger partial charge on any atom is -0.451 e. The van der Waals surface area contributed by atoms with Crippen LogP contribution in [-0.4, -0.2) is 34.7 Å². The molecular formula is C22H21N3O4. The first-order valence-corrected chi connectivity index (χ1v) is 9.33. The van der Waals surface area contributed by atoms with Crippen molar-refractivity contribution >= 4 is 34.3 Å². The first kappa shape index (κ1) is 18.7. The number of fused-ring (bicyclic) bond motifs is 2. The van der Waals surface area contributed by atoms with Crippen molar-refractivity contribution in [1.82, 2.24) is 10.2 Å². The number of Topliss-reactive ketones (excluding diaryl/α,β-unsaturated/α-hetero) is 1. The molecule has 7 nitrogen and oxygen atoms in total. The number of nitrogens with zero attached hydrogens (tertiary/aromatic N) is 1. The molecule has 2 amide bonds. The van der Waals surface area contributed by atoms with E-state index in [-0.39, 0.29) is 18.1 Å². The molecule has 7 heteroatoms. The van der Waals surface area contributed by atoms with E-state index in [4.69, 9.17) is 4.42 Å². The zero-order valence-corrected chi connectivity index (χ0v) is 16.2. The molecule has 1 unspecified atom stereocenters. The third kappa shape index (κ3) is 3.35. The highest BCUT2D eigenvalue weighted by Crippen LogP contribution is 2.29. The Bertz CT molecular complexity index is 1090. The fourth-order valence-electron chi connectivity index (χ4n) is 3.53. The van der Waals surface area contributed by atoms with Crippen LogP contribution in [0.3, 0.4) is 0 Å². The van der Waals surface area contributed by atoms with Gasteiger partial charge in [-0.1, -0.05) is 36.4 Å². The SMILES string of the molecule is CC(=O)CN(C(=O)c1cc2ccccc2o1)C1(C)Nc2ccccc2CNC1=O. The summed E-state index contributed by atoms with van der Waals surface area (Å²) >= 11 is 0. The molecule has 0 aliphatic carbocycles. The lowest BCUT2D eigenvalue weighted by Crippen LogP contribution is -2.63. The van der Waals surface area contributed by atoms with Gasteiger partial charge in [-0.15, -0.1) is 0 Å². The summed E-state index contributed by atoms with van der Waals surface area (Å²) in [5.74, 6) is -1.12. The molecule has 4 rings (SSSR count). The second kappa shape index (κ2) is 7.09. The van der Waals surface area contributed by atoms with Gasteiger partial charge >= 0.3 is 0 Å². The maximum Gasteiger partial charge on any atom is 0.292 e. The summed E-state index contributed by atoms with van der Waals surface area (Å²) in [6.45, 7) is 3.05. The second-order valence-corrected chi connectivity index (χ2v) is 7.28. The van der Waals surface area contributed by atoms with Gasteiger partial charge in [0, 0.05) is 17.6 Å². The zero-order valence-electron chi connectivity index (χ0n) is 16.2. The Kier molecular flexibility index (Phi) is 4.58. The van der Waals surface area contributed by atoms with E-state index in [1.165, 1.54) is 11.8 Å². The first-order valence-electron chi connectivity index (χ1n) is 9.33. The van der Waals surface area contributed by atoms with Gasteiger partial charge in [0.25, 0.3) is 11.8 Å². The quantitative estimate of drug-likeness (QED) is 0.714. The molecule has 0 saturated carbocycles. The van der Waals surface area contributed by atoms with Crippen molar-refractivity contribution in [3.8, 4) is 0 Å². The van der Waals surface area contributed by atoms with E-state index in [0.29, 0.717) is 12.1 Å². The largest absolute Gasteiger partial charge is 0.451 e. The van der Waals surface area contributed by atoms with E-state index >= 15 is 0 Å². The normalized spacial score (nSPS) is 18.3. The molecule has 0 saturated heterocycles. The van der Waals surface area contributed by atoms with Crippen LogP contribution in [0.15, 0.2) is 59.0 Å². The van der Waals surface area contributed by atoms with Gasteiger partial charge in [0.15, 0.2) is 11.4 Å². The molecule has 1 aromatic heterocycles. The monoisotopic (exact) mass is 391 g/mol. The number of carbonyl (C=O) groups excluding carboxylic acids is 3. The number of amides is 2. The van der Waals surface area contributed by atoms with Gasteiger partial charge in [-0.3, -0.25) is 19.3 Å². The number of furan rings is 1. The van der Waals surface area contributed by atoms with E-state index in [1.54, 1.807) is 19.1 Å². The van der Waals surface area contributed by atoms with E-state index in [9.17, 15) is 14.4 Å². The molecule has 1 aliphatic heterocycles. The van der Waals surface area contributed by atoms with E-state index < -0.39 is 17.5 Å². The minimum atomic E-state index is -1.48. The van der Waals surface area contributed by atoms with Crippen LogP contribution in [0.2, 0.25) is 0 Å². The number of carbonyl (C=O) groups is 3. The van der Waals surface area contributed by atoms with Crippen molar-refractivity contribution in [2.75, 3.05) is 11.9 Å². The average Bonchev–Trinajstić information content (AvgIpc) is 3.09. The van der Waals surface area contributed by atoms with E-state index in [0.717, 1.165) is 16.6 Å². The summed E-state index contributed by atoms with van der Waals surface area (Å²) in [4.78, 5) is 39.6. The summed E-state index contributed by atoms with van der Waals surface area (Å²) in [7, 11) is 0. The van der Waals surface area contributed by atoms with Gasteiger partial charge in [0.2, 0.25) is 0 Å². The Balaban J connectivity index is 1.78. The first-order chi connectivity index (χ1) is 13.9. The van der Waals surface area contributed by atoms with Crippen LogP contribution >= 0.6 is 0 Å². The number of nitrogens with one attached hydrogen (secondary N) is 2. The van der Waals surface area contributed by atoms with Gasteiger partial charge in [-0.25, -0.2) is 0 Å². The Labute approximate surface area is 167 Å². The summed E-state index contributed by atoms with van der Waals surface area (Å²) in [5, 5.41) is 6.79. The Hall–Kier alpha value is -3.61. The number of anilines is 1. The number of para-hydroxylation sites is 2. The Morgan fingerprint density at radius 3 is 2.62 bits per heavy atom. The molecule has 3 aromatic rings. The van der Waals surface area contributed by atoms with Crippen LogP contribution in [0, 0.1) is 0 Å². The van der Waals surface area contributed by atoms with E-state index in [1.807, 2.05) is 42.5 Å². The van der Waals surface area contributed by atoms with Crippen LogP contribution in [0.25, 0.3) is 11.0 Å². The van der Waals surface area contributed by atoms with Crippen LogP contribution in [0.5, 0.6) is 0 Å². The smallest absolute Gasteiger partial charge is 0.292 e. The molecule has 0 spiro atoms. The topological polar surface area (TPSA) is 91.7 Å². The third-order valence-corrected chi connectivity index (χ3v) is 5.08. The van der Waals surface area contributed by atoms with Gasteiger partial charge in [-0.05, 0) is 37.6 Å². The van der Waals surface area contributed by atoms with E-state index in [2.05, 4.69) is 10.6 Å². The van der Waals surface area contributed by atoms with Gasteiger partial charge < -0.3 is 15.1 Å². The van der Waals surface area contributed by atoms with Crippen molar-refractivity contribution < 1.29 is 18.8 Å². The van der Waals surface area contributed by atoms with Gasteiger partial charge in [0.1, 0.15) is 11.4 Å². The zero-order chi connectivity index (χ0) is 20.6. The van der Waals surface area contributed by atoms with Crippen molar-refractivity contribution in [2.24, 2.45) is 0 Å². The molecular weight excluding hydrogens is 370 g/mol. The van der Waals surface area contributed by atoms with Crippen molar-refractivity contribution in [3.63, 3.8) is 0 Å². The molecule has 2 N–H and O–H groups in total. The fourth-order valence-corrected chi connectivity index (χ4v) is 3.53. The molecule has 0 fully saturated rings. The molecule has 2 heterocycles. The highest BCUT2D eigenvalue weighted by Gasteiger charge is 2.45. The highest BCUT2D eigenvalue weighted by atomic mass is 16.3. The molecule has 0 radical (unpaired) electrons. The molecule has 2 aromatic carbocycles. The average molecular weight is 391 g/mol. The lowest BCUT2D eigenvalue weighted by molar-refractivity contribution is -0.131. The fraction of sp³-hybridized carbons (Fsp3) is 0.227. The number of hydrogen-bond acceptors (Lipinski definition) is 5. The van der Waals surface area contributed by atoms with Crippen molar-refractivity contribution in [3.05, 3.63) is 65.9 Å². The molecule has 0 bridgehead atoms. The number of benzene rings is 2. The maximum atomic E-state index is 13.4.